The van der Waals surface area contributed by atoms with Crippen molar-refractivity contribution in [1.82, 2.24) is 15.6 Å². The van der Waals surface area contributed by atoms with Crippen LogP contribution in [0.4, 0.5) is 0 Å². The Kier molecular flexibility index (Phi) is 6.06. The average Bonchev–Trinajstić information content (AvgIpc) is 3.12. The first-order chi connectivity index (χ1) is 12.3. The molecule has 1 aliphatic heterocycles. The number of hydrogen-bond acceptors (Lipinski definition) is 5. The van der Waals surface area contributed by atoms with Gasteiger partial charge in [-0.15, -0.1) is 11.3 Å². The molecule has 1 aliphatic rings. The quantitative estimate of drug-likeness (QED) is 0.678. The predicted octanol–water partition coefficient (Wildman–Crippen LogP) is 3.47. The number of aryl methyl sites for hydroxylation is 2. The summed E-state index contributed by atoms with van der Waals surface area (Å²) in [6, 6.07) is 7.78. The van der Waals surface area contributed by atoms with Crippen molar-refractivity contribution in [3.8, 4) is 0 Å². The van der Waals surface area contributed by atoms with Crippen LogP contribution in [-0.4, -0.2) is 21.0 Å². The fourth-order valence-electron chi connectivity index (χ4n) is 3.38. The smallest absolute Gasteiger partial charge is 0.242 e. The van der Waals surface area contributed by atoms with E-state index in [1.165, 1.54) is 0 Å². The summed E-state index contributed by atoms with van der Waals surface area (Å²) in [6.07, 6.45) is 1.48. The van der Waals surface area contributed by atoms with Crippen LogP contribution in [0.3, 0.4) is 0 Å². The molecule has 2 unspecified atom stereocenters. The second-order valence-electron chi connectivity index (χ2n) is 6.71. The van der Waals surface area contributed by atoms with E-state index in [1.54, 1.807) is 11.3 Å². The summed E-state index contributed by atoms with van der Waals surface area (Å²) in [6.45, 7) is 6.30. The molecule has 0 saturated carbocycles. The van der Waals surface area contributed by atoms with Gasteiger partial charge < -0.3 is 0 Å². The Bertz CT molecular complexity index is 879. The van der Waals surface area contributed by atoms with Crippen LogP contribution in [0.1, 0.15) is 40.3 Å². The van der Waals surface area contributed by atoms with E-state index >= 15 is 0 Å². The Balaban J connectivity index is 1.77. The minimum atomic E-state index is -3.57. The maximum atomic E-state index is 13.0. The van der Waals surface area contributed by atoms with E-state index in [0.29, 0.717) is 28.9 Å². The Labute approximate surface area is 164 Å². The average molecular weight is 414 g/mol. The number of hydrazine groups is 1. The molecule has 0 radical (unpaired) electrons. The van der Waals surface area contributed by atoms with Crippen molar-refractivity contribution < 1.29 is 8.42 Å². The van der Waals surface area contributed by atoms with Gasteiger partial charge in [0.05, 0.1) is 6.04 Å². The van der Waals surface area contributed by atoms with Crippen molar-refractivity contribution >= 4 is 33.0 Å². The molecule has 3 rings (SSSR count). The van der Waals surface area contributed by atoms with E-state index in [9.17, 15) is 8.42 Å². The minimum absolute atomic E-state index is 0.0118. The number of thiophene rings is 1. The zero-order valence-corrected chi connectivity index (χ0v) is 17.5. The summed E-state index contributed by atoms with van der Waals surface area (Å²) in [5, 5.41) is 0.676. The third kappa shape index (κ3) is 4.30. The van der Waals surface area contributed by atoms with Gasteiger partial charge in [0.15, 0.2) is 0 Å². The lowest BCUT2D eigenvalue weighted by Gasteiger charge is -2.14. The number of rotatable bonds is 6. The molecule has 3 N–H and O–H groups in total. The summed E-state index contributed by atoms with van der Waals surface area (Å²) in [7, 11) is -3.57. The molecule has 2 atom stereocenters. The van der Waals surface area contributed by atoms with E-state index < -0.39 is 10.0 Å². The van der Waals surface area contributed by atoms with Crippen LogP contribution in [0, 0.1) is 13.8 Å². The highest BCUT2D eigenvalue weighted by molar-refractivity contribution is 7.89. The van der Waals surface area contributed by atoms with Gasteiger partial charge in [0.1, 0.15) is 4.90 Å². The zero-order valence-electron chi connectivity index (χ0n) is 15.1. The van der Waals surface area contributed by atoms with Crippen molar-refractivity contribution in [2.75, 3.05) is 6.54 Å². The molecular weight excluding hydrogens is 390 g/mol. The molecule has 1 aromatic heterocycles. The van der Waals surface area contributed by atoms with Crippen molar-refractivity contribution in [2.24, 2.45) is 0 Å². The van der Waals surface area contributed by atoms with Gasteiger partial charge in [-0.25, -0.2) is 18.6 Å². The Morgan fingerprint density at radius 3 is 2.50 bits per heavy atom. The van der Waals surface area contributed by atoms with E-state index in [0.717, 1.165) is 27.3 Å². The highest BCUT2D eigenvalue weighted by Gasteiger charge is 2.32. The zero-order chi connectivity index (χ0) is 18.9. The van der Waals surface area contributed by atoms with Crippen molar-refractivity contribution in [3.63, 3.8) is 0 Å². The standard InChI is InChI=1S/C18H24ClN3O2S2/c1-11-10-16(22-21-11)17-12(2)25-13(3)18(17)26(23,24)20-9-8-14-4-6-15(19)7-5-14/h4-7,11,16,20-22H,8-10H2,1-3H3. The highest BCUT2D eigenvalue weighted by atomic mass is 35.5. The lowest BCUT2D eigenvalue weighted by Crippen LogP contribution is -2.31. The van der Waals surface area contributed by atoms with E-state index in [2.05, 4.69) is 22.5 Å². The molecule has 0 aliphatic carbocycles. The lowest BCUT2D eigenvalue weighted by atomic mass is 10.0. The van der Waals surface area contributed by atoms with Crippen molar-refractivity contribution in [1.29, 1.82) is 0 Å². The van der Waals surface area contributed by atoms with Gasteiger partial charge in [0.25, 0.3) is 0 Å². The maximum Gasteiger partial charge on any atom is 0.242 e. The summed E-state index contributed by atoms with van der Waals surface area (Å²) in [5.74, 6) is 0. The number of halogens is 1. The second-order valence-corrected chi connectivity index (χ2v) is 10.3. The van der Waals surface area contributed by atoms with Crippen LogP contribution in [0.25, 0.3) is 0 Å². The Hall–Kier alpha value is -0.960. The number of sulfonamides is 1. The molecule has 1 saturated heterocycles. The van der Waals surface area contributed by atoms with Crippen LogP contribution in [0.2, 0.25) is 5.02 Å². The molecule has 0 bridgehead atoms. The van der Waals surface area contributed by atoms with Crippen LogP contribution in [0.5, 0.6) is 0 Å². The van der Waals surface area contributed by atoms with Crippen LogP contribution in [0.15, 0.2) is 29.2 Å². The number of benzene rings is 1. The summed E-state index contributed by atoms with van der Waals surface area (Å²) < 4.78 is 28.8. The molecule has 142 valence electrons. The molecule has 2 heterocycles. The second kappa shape index (κ2) is 7.96. The van der Waals surface area contributed by atoms with Gasteiger partial charge in [-0.1, -0.05) is 23.7 Å². The molecule has 5 nitrogen and oxygen atoms in total. The van der Waals surface area contributed by atoms with E-state index in [1.807, 2.05) is 38.1 Å². The molecule has 1 aromatic carbocycles. The third-order valence-corrected chi connectivity index (χ3v) is 7.64. The highest BCUT2D eigenvalue weighted by Crippen LogP contribution is 2.38. The van der Waals surface area contributed by atoms with Crippen molar-refractivity contribution in [2.45, 2.75) is 50.6 Å². The van der Waals surface area contributed by atoms with Gasteiger partial charge in [-0.3, -0.25) is 5.43 Å². The molecule has 2 aromatic rings. The minimum Gasteiger partial charge on any atom is -0.254 e. The van der Waals surface area contributed by atoms with Gasteiger partial charge >= 0.3 is 0 Å². The maximum absolute atomic E-state index is 13.0. The molecule has 0 amide bonds. The number of nitrogens with one attached hydrogen (secondary N) is 3. The lowest BCUT2D eigenvalue weighted by molar-refractivity contribution is 0.549. The fourth-order valence-corrected chi connectivity index (χ4v) is 6.51. The summed E-state index contributed by atoms with van der Waals surface area (Å²) >= 11 is 7.43. The van der Waals surface area contributed by atoms with Crippen LogP contribution in [-0.2, 0) is 16.4 Å². The first-order valence-corrected chi connectivity index (χ1v) is 11.3. The Morgan fingerprint density at radius 1 is 1.19 bits per heavy atom. The summed E-state index contributed by atoms with van der Waals surface area (Å²) in [5.41, 5.74) is 8.35. The third-order valence-electron chi connectivity index (χ3n) is 4.58. The molecule has 0 spiro atoms. The van der Waals surface area contributed by atoms with E-state index in [4.69, 9.17) is 11.6 Å². The molecule has 1 fully saturated rings. The normalized spacial score (nSPS) is 20.6. The first-order valence-electron chi connectivity index (χ1n) is 8.63. The van der Waals surface area contributed by atoms with Gasteiger partial charge in [0.2, 0.25) is 10.0 Å². The monoisotopic (exact) mass is 413 g/mol. The van der Waals surface area contributed by atoms with E-state index in [-0.39, 0.29) is 6.04 Å². The van der Waals surface area contributed by atoms with Gasteiger partial charge in [0, 0.05) is 32.9 Å². The SMILES string of the molecule is Cc1sc(C)c(S(=O)(=O)NCCc2ccc(Cl)cc2)c1C1CC(C)NN1. The van der Waals surface area contributed by atoms with Gasteiger partial charge in [-0.2, -0.15) is 0 Å². The number of hydrogen-bond donors (Lipinski definition) is 3. The largest absolute Gasteiger partial charge is 0.254 e. The molecule has 26 heavy (non-hydrogen) atoms. The van der Waals surface area contributed by atoms with Crippen LogP contribution >= 0.6 is 22.9 Å². The molecular formula is C18H24ClN3O2S2. The molecule has 8 heteroatoms. The summed E-state index contributed by atoms with van der Waals surface area (Å²) in [4.78, 5) is 2.32. The first kappa shape index (κ1) is 19.8. The Morgan fingerprint density at radius 2 is 1.88 bits per heavy atom. The van der Waals surface area contributed by atoms with Gasteiger partial charge in [-0.05, 0) is 51.3 Å². The van der Waals surface area contributed by atoms with Crippen LogP contribution < -0.4 is 15.6 Å². The fraction of sp³-hybridized carbons (Fsp3) is 0.444. The van der Waals surface area contributed by atoms with Crippen molar-refractivity contribution in [3.05, 3.63) is 50.2 Å². The topological polar surface area (TPSA) is 70.2 Å². The predicted molar refractivity (Wildman–Crippen MR) is 107 cm³/mol.